The van der Waals surface area contributed by atoms with E-state index in [1.165, 1.54) is 4.83 Å². The number of aromatic nitrogens is 1. The molecule has 0 bridgehead atoms. The summed E-state index contributed by atoms with van der Waals surface area (Å²) in [5.41, 5.74) is 4.57. The number of methoxy groups -OCH3 is 1. The van der Waals surface area contributed by atoms with Gasteiger partial charge in [0.15, 0.2) is 0 Å². The van der Waals surface area contributed by atoms with Gasteiger partial charge in [0.2, 0.25) is 5.78 Å². The molecule has 0 unspecified atom stereocenters. The molecular weight excluding hydrogens is 342 g/mol. The molecule has 0 fully saturated rings. The second-order valence-corrected chi connectivity index (χ2v) is 7.64. The van der Waals surface area contributed by atoms with Crippen molar-refractivity contribution in [3.8, 4) is 5.75 Å². The smallest absolute Gasteiger partial charge is 0.209 e. The van der Waals surface area contributed by atoms with E-state index in [2.05, 4.69) is 22.9 Å². The average molecular weight is 368 g/mol. The zero-order valence-electron chi connectivity index (χ0n) is 16.1. The van der Waals surface area contributed by atoms with Gasteiger partial charge in [-0.15, -0.1) is 11.3 Å². The quantitative estimate of drug-likeness (QED) is 0.389. The molecule has 2 aromatic heterocycles. The van der Waals surface area contributed by atoms with Crippen LogP contribution in [0.4, 0.5) is 0 Å². The molecule has 0 saturated heterocycles. The van der Waals surface area contributed by atoms with Gasteiger partial charge in [-0.25, -0.2) is 0 Å². The Bertz CT molecular complexity index is 987. The van der Waals surface area contributed by atoms with Crippen LogP contribution in [-0.2, 0) is 6.54 Å². The lowest BCUT2D eigenvalue weighted by Gasteiger charge is -2.15. The van der Waals surface area contributed by atoms with Gasteiger partial charge in [0.1, 0.15) is 10.6 Å². The Morgan fingerprint density at radius 2 is 1.96 bits per heavy atom. The van der Waals surface area contributed by atoms with Gasteiger partial charge >= 0.3 is 0 Å². The lowest BCUT2D eigenvalue weighted by atomic mass is 9.92. The summed E-state index contributed by atoms with van der Waals surface area (Å²) in [5, 5.41) is 3.22. The van der Waals surface area contributed by atoms with Gasteiger partial charge in [-0.05, 0) is 68.0 Å². The summed E-state index contributed by atoms with van der Waals surface area (Å²) in [6, 6.07) is 10.0. The molecule has 0 aliphatic rings. The molecule has 0 radical (unpaired) electrons. The molecule has 26 heavy (non-hydrogen) atoms. The monoisotopic (exact) mass is 367 g/mol. The van der Waals surface area contributed by atoms with Crippen molar-refractivity contribution >= 4 is 32.9 Å². The maximum atomic E-state index is 13.6. The van der Waals surface area contributed by atoms with E-state index >= 15 is 0 Å². The number of carbonyl (C=O) groups excluding carboxylic acids is 1. The van der Waals surface area contributed by atoms with Crippen LogP contribution in [0.15, 0.2) is 41.3 Å². The molecular formula is C22H25NO2S. The fraction of sp³-hybridized carbons (Fsp3) is 0.318. The Morgan fingerprint density at radius 3 is 2.62 bits per heavy atom. The number of thiophene rings is 1. The van der Waals surface area contributed by atoms with Crippen LogP contribution in [0.25, 0.3) is 15.8 Å². The minimum atomic E-state index is 0.0817. The normalized spacial score (nSPS) is 11.0. The Kier molecular flexibility index (Phi) is 5.33. The summed E-state index contributed by atoms with van der Waals surface area (Å²) in [6.07, 6.45) is 0.990. The lowest BCUT2D eigenvalue weighted by molar-refractivity contribution is 0.104. The Hall–Kier alpha value is -2.33. The number of Topliss-reactive ketones (excluding diaryl/α,β-unsaturated/α-hetero) is 1. The molecule has 1 aromatic carbocycles. The standard InChI is InChI=1S/C22H25NO2S/c1-6-10-23-19(12-16-9-11-26-22(16)23)21(24)20(14(2)3)18-13-17(25-5)8-7-15(18)4/h7-9,11-13H,6,10H2,1-5H3. The maximum Gasteiger partial charge on any atom is 0.209 e. The lowest BCUT2D eigenvalue weighted by Crippen LogP contribution is -2.12. The molecule has 136 valence electrons. The van der Waals surface area contributed by atoms with Crippen molar-refractivity contribution in [2.45, 2.75) is 40.7 Å². The molecule has 0 spiro atoms. The minimum absolute atomic E-state index is 0.0817. The van der Waals surface area contributed by atoms with Crippen molar-refractivity contribution < 1.29 is 9.53 Å². The number of fused-ring (bicyclic) bond motifs is 1. The van der Waals surface area contributed by atoms with Crippen LogP contribution in [0.2, 0.25) is 0 Å². The molecule has 3 nitrogen and oxygen atoms in total. The van der Waals surface area contributed by atoms with Gasteiger partial charge in [0, 0.05) is 17.5 Å². The molecule has 0 aliphatic heterocycles. The Balaban J connectivity index is 2.17. The molecule has 0 amide bonds. The van der Waals surface area contributed by atoms with Crippen molar-refractivity contribution in [1.29, 1.82) is 0 Å². The van der Waals surface area contributed by atoms with E-state index in [4.69, 9.17) is 4.74 Å². The molecule has 0 saturated carbocycles. The van der Waals surface area contributed by atoms with Crippen molar-refractivity contribution in [3.63, 3.8) is 0 Å². The van der Waals surface area contributed by atoms with E-state index in [0.29, 0.717) is 0 Å². The van der Waals surface area contributed by atoms with Crippen LogP contribution in [0.1, 0.15) is 48.8 Å². The van der Waals surface area contributed by atoms with Crippen molar-refractivity contribution in [3.05, 3.63) is 58.1 Å². The van der Waals surface area contributed by atoms with E-state index in [-0.39, 0.29) is 5.78 Å². The number of ether oxygens (including phenoxy) is 1. The number of hydrogen-bond acceptors (Lipinski definition) is 3. The molecule has 0 atom stereocenters. The van der Waals surface area contributed by atoms with Gasteiger partial charge in [0.05, 0.1) is 12.8 Å². The SMILES string of the molecule is CCCn1c(C(=O)C(=C(C)C)c2cc(OC)ccc2C)cc2ccsc21. The highest BCUT2D eigenvalue weighted by molar-refractivity contribution is 7.16. The number of hydrogen-bond donors (Lipinski definition) is 0. The summed E-state index contributed by atoms with van der Waals surface area (Å²) in [6.45, 7) is 9.03. The third-order valence-corrected chi connectivity index (χ3v) is 5.57. The fourth-order valence-electron chi connectivity index (χ4n) is 3.35. The topological polar surface area (TPSA) is 31.2 Å². The molecule has 3 rings (SSSR count). The number of nitrogens with zero attached hydrogens (tertiary/aromatic N) is 1. The summed E-state index contributed by atoms with van der Waals surface area (Å²) in [5.74, 6) is 0.847. The second-order valence-electron chi connectivity index (χ2n) is 6.75. The average Bonchev–Trinajstić information content (AvgIpc) is 3.19. The first kappa shape index (κ1) is 18.5. The summed E-state index contributed by atoms with van der Waals surface area (Å²) < 4.78 is 7.55. The first-order valence-corrected chi connectivity index (χ1v) is 9.79. The van der Waals surface area contributed by atoms with Gasteiger partial charge < -0.3 is 9.30 Å². The highest BCUT2D eigenvalue weighted by atomic mass is 32.1. The fourth-order valence-corrected chi connectivity index (χ4v) is 4.28. The van der Waals surface area contributed by atoms with Gasteiger partial charge in [-0.2, -0.15) is 0 Å². The van der Waals surface area contributed by atoms with Gasteiger partial charge in [-0.1, -0.05) is 18.6 Å². The van der Waals surface area contributed by atoms with Crippen molar-refractivity contribution in [2.75, 3.05) is 7.11 Å². The highest BCUT2D eigenvalue weighted by Crippen LogP contribution is 2.32. The largest absolute Gasteiger partial charge is 0.497 e. The van der Waals surface area contributed by atoms with Crippen LogP contribution >= 0.6 is 11.3 Å². The van der Waals surface area contributed by atoms with Crippen molar-refractivity contribution in [1.82, 2.24) is 4.57 Å². The molecule has 3 aromatic rings. The first-order valence-electron chi connectivity index (χ1n) is 8.91. The van der Waals surface area contributed by atoms with Crippen LogP contribution in [0.5, 0.6) is 5.75 Å². The maximum absolute atomic E-state index is 13.6. The summed E-state index contributed by atoms with van der Waals surface area (Å²) in [7, 11) is 1.65. The van der Waals surface area contributed by atoms with E-state index in [0.717, 1.165) is 52.1 Å². The minimum Gasteiger partial charge on any atom is -0.497 e. The third kappa shape index (κ3) is 3.21. The van der Waals surface area contributed by atoms with Crippen LogP contribution in [0, 0.1) is 6.92 Å². The number of ketones is 1. The predicted molar refractivity (Wildman–Crippen MR) is 110 cm³/mol. The van der Waals surface area contributed by atoms with Crippen LogP contribution in [0.3, 0.4) is 0 Å². The second kappa shape index (κ2) is 7.50. The molecule has 2 heterocycles. The number of allylic oxidation sites excluding steroid dienone is 2. The van der Waals surface area contributed by atoms with Gasteiger partial charge in [-0.3, -0.25) is 4.79 Å². The molecule has 0 N–H and O–H groups in total. The van der Waals surface area contributed by atoms with E-state index < -0.39 is 0 Å². The first-order chi connectivity index (χ1) is 12.5. The van der Waals surface area contributed by atoms with Gasteiger partial charge in [0.25, 0.3) is 0 Å². The van der Waals surface area contributed by atoms with E-state index in [1.807, 2.05) is 45.0 Å². The Morgan fingerprint density at radius 1 is 1.19 bits per heavy atom. The number of carbonyl (C=O) groups is 1. The van der Waals surface area contributed by atoms with Crippen molar-refractivity contribution in [2.24, 2.45) is 0 Å². The predicted octanol–water partition coefficient (Wildman–Crippen LogP) is 6.11. The summed E-state index contributed by atoms with van der Waals surface area (Å²) >= 11 is 1.69. The Labute approximate surface area is 158 Å². The zero-order valence-corrected chi connectivity index (χ0v) is 16.9. The molecule has 0 aliphatic carbocycles. The number of benzene rings is 1. The van der Waals surface area contributed by atoms with E-state index in [1.54, 1.807) is 18.4 Å². The zero-order chi connectivity index (χ0) is 18.8. The molecule has 4 heteroatoms. The highest BCUT2D eigenvalue weighted by Gasteiger charge is 2.23. The van der Waals surface area contributed by atoms with E-state index in [9.17, 15) is 4.79 Å². The number of rotatable bonds is 6. The summed E-state index contributed by atoms with van der Waals surface area (Å²) in [4.78, 5) is 14.8. The number of aryl methyl sites for hydroxylation is 2. The third-order valence-electron chi connectivity index (χ3n) is 4.62. The van der Waals surface area contributed by atoms with Crippen LogP contribution < -0.4 is 4.74 Å². The van der Waals surface area contributed by atoms with Crippen LogP contribution in [-0.4, -0.2) is 17.5 Å².